The summed E-state index contributed by atoms with van der Waals surface area (Å²) in [6.07, 6.45) is 5.06. The third-order valence-corrected chi connectivity index (χ3v) is 4.90. The summed E-state index contributed by atoms with van der Waals surface area (Å²) in [7, 11) is 1.70. The molecule has 0 aliphatic heterocycles. The van der Waals surface area contributed by atoms with Gasteiger partial charge in [-0.1, -0.05) is 46.3 Å². The molecule has 22 heavy (non-hydrogen) atoms. The second-order valence-electron chi connectivity index (χ2n) is 5.30. The van der Waals surface area contributed by atoms with Crippen LogP contribution in [0.15, 0.2) is 59.2 Å². The summed E-state index contributed by atoms with van der Waals surface area (Å²) in [5, 5.41) is 2.22. The van der Waals surface area contributed by atoms with Gasteiger partial charge in [0.05, 0.1) is 12.8 Å². The number of hydrogen-bond acceptors (Lipinski definition) is 2. The van der Waals surface area contributed by atoms with Crippen molar-refractivity contribution in [1.82, 2.24) is 4.98 Å². The van der Waals surface area contributed by atoms with Crippen molar-refractivity contribution in [3.8, 4) is 5.75 Å². The highest BCUT2D eigenvalue weighted by Gasteiger charge is 2.20. The van der Waals surface area contributed by atoms with Crippen molar-refractivity contribution in [3.63, 3.8) is 0 Å². The van der Waals surface area contributed by atoms with Gasteiger partial charge in [0.25, 0.3) is 0 Å². The number of benzene rings is 2. The standard InChI is InChI=1S/C19H14BrNO/c1-22-18-7-3-5-15-14(18)10-11-21-19(15)16-9-8-13-12(16)4-2-6-17(13)20/h2-7,9-11H,8H2,1H3. The van der Waals surface area contributed by atoms with Crippen LogP contribution in [-0.4, -0.2) is 12.1 Å². The summed E-state index contributed by atoms with van der Waals surface area (Å²) >= 11 is 3.65. The van der Waals surface area contributed by atoms with Crippen LogP contribution in [0.4, 0.5) is 0 Å². The highest BCUT2D eigenvalue weighted by atomic mass is 79.9. The van der Waals surface area contributed by atoms with Crippen LogP contribution in [0.3, 0.4) is 0 Å². The average molecular weight is 352 g/mol. The number of halogens is 1. The lowest BCUT2D eigenvalue weighted by molar-refractivity contribution is 0.420. The highest BCUT2D eigenvalue weighted by molar-refractivity contribution is 9.10. The van der Waals surface area contributed by atoms with E-state index in [2.05, 4.69) is 51.3 Å². The van der Waals surface area contributed by atoms with Gasteiger partial charge in [0, 0.05) is 27.0 Å². The minimum absolute atomic E-state index is 0.884. The minimum Gasteiger partial charge on any atom is -0.496 e. The number of pyridine rings is 1. The molecular formula is C19H14BrNO. The molecule has 1 aliphatic carbocycles. The maximum Gasteiger partial charge on any atom is 0.126 e. The summed E-state index contributed by atoms with van der Waals surface area (Å²) in [5.74, 6) is 0.884. The van der Waals surface area contributed by atoms with Crippen molar-refractivity contribution in [2.45, 2.75) is 6.42 Å². The monoisotopic (exact) mass is 351 g/mol. The second kappa shape index (κ2) is 5.25. The number of aromatic nitrogens is 1. The molecule has 0 N–H and O–H groups in total. The van der Waals surface area contributed by atoms with Crippen molar-refractivity contribution in [2.24, 2.45) is 0 Å². The Hall–Kier alpha value is -2.13. The van der Waals surface area contributed by atoms with Crippen LogP contribution in [0, 0.1) is 0 Å². The number of nitrogens with zero attached hydrogens (tertiary/aromatic N) is 1. The molecule has 2 aromatic carbocycles. The zero-order chi connectivity index (χ0) is 15.1. The van der Waals surface area contributed by atoms with Gasteiger partial charge >= 0.3 is 0 Å². The van der Waals surface area contributed by atoms with Gasteiger partial charge in [-0.15, -0.1) is 0 Å². The molecule has 0 bridgehead atoms. The maximum atomic E-state index is 5.48. The average Bonchev–Trinajstić information content (AvgIpc) is 2.99. The SMILES string of the molecule is COc1cccc2c(C3=CCc4c(Br)cccc43)nccc12. The fourth-order valence-corrected chi connectivity index (χ4v) is 3.66. The predicted octanol–water partition coefficient (Wildman–Crippen LogP) is 4.99. The van der Waals surface area contributed by atoms with Crippen molar-refractivity contribution >= 4 is 32.3 Å². The predicted molar refractivity (Wildman–Crippen MR) is 93.2 cm³/mol. The van der Waals surface area contributed by atoms with E-state index >= 15 is 0 Å². The number of fused-ring (bicyclic) bond motifs is 2. The molecule has 1 aromatic heterocycles. The van der Waals surface area contributed by atoms with Crippen LogP contribution >= 0.6 is 15.9 Å². The van der Waals surface area contributed by atoms with E-state index < -0.39 is 0 Å². The Balaban J connectivity index is 1.96. The number of allylic oxidation sites excluding steroid dienone is 1. The summed E-state index contributed by atoms with van der Waals surface area (Å²) in [6.45, 7) is 0. The molecular weight excluding hydrogens is 338 g/mol. The van der Waals surface area contributed by atoms with E-state index in [1.54, 1.807) is 7.11 Å². The highest BCUT2D eigenvalue weighted by Crippen LogP contribution is 2.39. The number of methoxy groups -OCH3 is 1. The third-order valence-electron chi connectivity index (χ3n) is 4.16. The third kappa shape index (κ3) is 1.97. The Morgan fingerprint density at radius 3 is 2.77 bits per heavy atom. The summed E-state index contributed by atoms with van der Waals surface area (Å²) in [6, 6.07) is 14.5. The maximum absolute atomic E-state index is 5.48. The lowest BCUT2D eigenvalue weighted by atomic mass is 9.99. The largest absolute Gasteiger partial charge is 0.496 e. The van der Waals surface area contributed by atoms with E-state index in [0.717, 1.165) is 33.1 Å². The van der Waals surface area contributed by atoms with E-state index in [1.807, 2.05) is 24.4 Å². The van der Waals surface area contributed by atoms with Gasteiger partial charge in [0.15, 0.2) is 0 Å². The molecule has 0 amide bonds. The van der Waals surface area contributed by atoms with Gasteiger partial charge in [0.1, 0.15) is 5.75 Å². The van der Waals surface area contributed by atoms with Crippen molar-refractivity contribution in [3.05, 3.63) is 76.0 Å². The fraction of sp³-hybridized carbons (Fsp3) is 0.105. The Labute approximate surface area is 137 Å². The fourth-order valence-electron chi connectivity index (χ4n) is 3.13. The van der Waals surface area contributed by atoms with Crippen LogP contribution in [-0.2, 0) is 6.42 Å². The molecule has 0 atom stereocenters. The van der Waals surface area contributed by atoms with E-state index in [1.165, 1.54) is 16.7 Å². The van der Waals surface area contributed by atoms with E-state index in [4.69, 9.17) is 4.74 Å². The first-order valence-electron chi connectivity index (χ1n) is 7.19. The normalized spacial score (nSPS) is 13.1. The Morgan fingerprint density at radius 1 is 1.05 bits per heavy atom. The van der Waals surface area contributed by atoms with Crippen LogP contribution in [0.1, 0.15) is 16.8 Å². The molecule has 0 fully saturated rings. The molecule has 2 nitrogen and oxygen atoms in total. The van der Waals surface area contributed by atoms with Gasteiger partial charge in [0.2, 0.25) is 0 Å². The molecule has 3 heteroatoms. The number of rotatable bonds is 2. The molecule has 0 saturated heterocycles. The smallest absolute Gasteiger partial charge is 0.126 e. The summed E-state index contributed by atoms with van der Waals surface area (Å²) in [4.78, 5) is 4.65. The zero-order valence-corrected chi connectivity index (χ0v) is 13.7. The van der Waals surface area contributed by atoms with Gasteiger partial charge < -0.3 is 4.74 Å². The lowest BCUT2D eigenvalue weighted by Crippen LogP contribution is -1.94. The van der Waals surface area contributed by atoms with E-state index in [9.17, 15) is 0 Å². The molecule has 0 saturated carbocycles. The Morgan fingerprint density at radius 2 is 1.91 bits per heavy atom. The van der Waals surface area contributed by atoms with Crippen LogP contribution < -0.4 is 4.74 Å². The molecule has 108 valence electrons. The topological polar surface area (TPSA) is 22.1 Å². The minimum atomic E-state index is 0.884. The molecule has 0 unspecified atom stereocenters. The molecule has 0 spiro atoms. The molecule has 4 rings (SSSR count). The number of ether oxygens (including phenoxy) is 1. The van der Waals surface area contributed by atoms with Crippen LogP contribution in [0.25, 0.3) is 16.3 Å². The van der Waals surface area contributed by atoms with Gasteiger partial charge in [-0.05, 0) is 35.7 Å². The van der Waals surface area contributed by atoms with E-state index in [0.29, 0.717) is 0 Å². The Kier molecular flexibility index (Phi) is 3.23. The molecule has 1 heterocycles. The first-order valence-corrected chi connectivity index (χ1v) is 7.99. The molecule has 1 aliphatic rings. The first kappa shape index (κ1) is 13.5. The van der Waals surface area contributed by atoms with Crippen LogP contribution in [0.2, 0.25) is 0 Å². The Bertz CT molecular complexity index is 914. The second-order valence-corrected chi connectivity index (χ2v) is 6.16. The number of hydrogen-bond donors (Lipinski definition) is 0. The van der Waals surface area contributed by atoms with Crippen molar-refractivity contribution < 1.29 is 4.74 Å². The molecule has 3 aromatic rings. The van der Waals surface area contributed by atoms with Crippen molar-refractivity contribution in [2.75, 3.05) is 7.11 Å². The van der Waals surface area contributed by atoms with E-state index in [-0.39, 0.29) is 0 Å². The van der Waals surface area contributed by atoms with Crippen LogP contribution in [0.5, 0.6) is 5.75 Å². The van der Waals surface area contributed by atoms with Gasteiger partial charge in [-0.25, -0.2) is 0 Å². The van der Waals surface area contributed by atoms with Gasteiger partial charge in [-0.2, -0.15) is 0 Å². The summed E-state index contributed by atoms with van der Waals surface area (Å²) in [5.41, 5.74) is 4.82. The zero-order valence-electron chi connectivity index (χ0n) is 12.1. The van der Waals surface area contributed by atoms with Crippen molar-refractivity contribution in [1.29, 1.82) is 0 Å². The lowest BCUT2D eigenvalue weighted by Gasteiger charge is -2.11. The molecule has 0 radical (unpaired) electrons. The quantitative estimate of drug-likeness (QED) is 0.648. The van der Waals surface area contributed by atoms with Gasteiger partial charge in [-0.3, -0.25) is 4.98 Å². The summed E-state index contributed by atoms with van der Waals surface area (Å²) < 4.78 is 6.64. The first-order chi connectivity index (χ1) is 10.8.